The number of carbonyl (C=O) groups excluding carboxylic acids is 1. The van der Waals surface area contributed by atoms with Crippen molar-refractivity contribution < 1.29 is 24.5 Å². The fourth-order valence-electron chi connectivity index (χ4n) is 1.96. The van der Waals surface area contributed by atoms with Crippen LogP contribution in [0.5, 0.6) is 0 Å². The molecule has 11 nitrogen and oxygen atoms in total. The van der Waals surface area contributed by atoms with E-state index in [1.807, 2.05) is 0 Å². The lowest BCUT2D eigenvalue weighted by atomic mass is 10.4. The van der Waals surface area contributed by atoms with Crippen molar-refractivity contribution in [2.45, 2.75) is 19.3 Å². The normalized spacial score (nSPS) is 14.3. The summed E-state index contributed by atoms with van der Waals surface area (Å²) in [5, 5.41) is 20.4. The molecule has 6 N–H and O–H groups in total. The van der Waals surface area contributed by atoms with E-state index in [4.69, 9.17) is 25.4 Å². The van der Waals surface area contributed by atoms with E-state index >= 15 is 0 Å². The molecule has 1 atom stereocenters. The average molecular weight is 329 g/mol. The third-order valence-electron chi connectivity index (χ3n) is 2.98. The Morgan fingerprint density at radius 2 is 2.22 bits per heavy atom. The Morgan fingerprint density at radius 3 is 2.91 bits per heavy atom. The van der Waals surface area contributed by atoms with E-state index < -0.39 is 17.9 Å². The van der Waals surface area contributed by atoms with Crippen LogP contribution in [0.4, 0.5) is 17.5 Å². The summed E-state index contributed by atoms with van der Waals surface area (Å²) in [6.45, 7) is -0.206. The first-order chi connectivity index (χ1) is 11.1. The SMILES string of the molecule is Nc1nc2c(c(=O)[nH]1)NCN2C(OCCCO)OC(=O)CCO. The third kappa shape index (κ3) is 4.09. The second-order valence-electron chi connectivity index (χ2n) is 4.67. The average Bonchev–Trinajstić information content (AvgIpc) is 2.90. The van der Waals surface area contributed by atoms with Crippen LogP contribution in [0.2, 0.25) is 0 Å². The molecule has 23 heavy (non-hydrogen) atoms. The lowest BCUT2D eigenvalue weighted by molar-refractivity contribution is -0.179. The van der Waals surface area contributed by atoms with E-state index in [1.54, 1.807) is 0 Å². The second-order valence-corrected chi connectivity index (χ2v) is 4.67. The Hall–Kier alpha value is -2.37. The van der Waals surface area contributed by atoms with Gasteiger partial charge in [0.15, 0.2) is 5.82 Å². The van der Waals surface area contributed by atoms with Crippen LogP contribution in [0.25, 0.3) is 0 Å². The van der Waals surface area contributed by atoms with Gasteiger partial charge < -0.3 is 30.7 Å². The molecule has 0 aromatic carbocycles. The van der Waals surface area contributed by atoms with Crippen LogP contribution in [0.1, 0.15) is 12.8 Å². The minimum Gasteiger partial charge on any atom is -0.416 e. The van der Waals surface area contributed by atoms with E-state index in [1.165, 1.54) is 4.90 Å². The molecule has 1 aromatic heterocycles. The number of nitrogen functional groups attached to an aromatic ring is 1. The fraction of sp³-hybridized carbons (Fsp3) is 0.583. The van der Waals surface area contributed by atoms with E-state index in [-0.39, 0.29) is 50.4 Å². The number of anilines is 3. The lowest BCUT2D eigenvalue weighted by Gasteiger charge is -2.27. The van der Waals surface area contributed by atoms with Gasteiger partial charge >= 0.3 is 5.97 Å². The highest BCUT2D eigenvalue weighted by atomic mass is 16.7. The summed E-state index contributed by atoms with van der Waals surface area (Å²) in [6.07, 6.45) is -1.02. The van der Waals surface area contributed by atoms with Crippen molar-refractivity contribution in [3.05, 3.63) is 10.4 Å². The van der Waals surface area contributed by atoms with Crippen LogP contribution < -0.4 is 21.5 Å². The summed E-state index contributed by atoms with van der Waals surface area (Å²) < 4.78 is 10.6. The first-order valence-corrected chi connectivity index (χ1v) is 7.00. The smallest absolute Gasteiger partial charge is 0.311 e. The van der Waals surface area contributed by atoms with E-state index in [0.717, 1.165) is 0 Å². The van der Waals surface area contributed by atoms with Crippen molar-refractivity contribution in [1.29, 1.82) is 0 Å². The van der Waals surface area contributed by atoms with Crippen LogP contribution in [-0.4, -0.2) is 59.1 Å². The number of H-pyrrole nitrogens is 1. The Morgan fingerprint density at radius 1 is 1.43 bits per heavy atom. The van der Waals surface area contributed by atoms with Gasteiger partial charge in [-0.3, -0.25) is 19.5 Å². The Bertz CT molecular complexity index is 606. The number of carbonyl (C=O) groups is 1. The van der Waals surface area contributed by atoms with Gasteiger partial charge in [0.2, 0.25) is 5.95 Å². The number of esters is 1. The van der Waals surface area contributed by atoms with E-state index in [9.17, 15) is 9.59 Å². The number of hydrogen-bond acceptors (Lipinski definition) is 10. The molecule has 1 aliphatic heterocycles. The van der Waals surface area contributed by atoms with Crippen LogP contribution in [0, 0.1) is 0 Å². The quantitative estimate of drug-likeness (QED) is 0.208. The van der Waals surface area contributed by atoms with Gasteiger partial charge in [-0.2, -0.15) is 4.98 Å². The number of ether oxygens (including phenoxy) is 2. The molecule has 0 aliphatic carbocycles. The maximum absolute atomic E-state index is 11.8. The maximum Gasteiger partial charge on any atom is 0.311 e. The molecule has 2 heterocycles. The molecule has 0 spiro atoms. The lowest BCUT2D eigenvalue weighted by Crippen LogP contribution is -2.41. The minimum absolute atomic E-state index is 0.0850. The van der Waals surface area contributed by atoms with Crippen LogP contribution in [0.3, 0.4) is 0 Å². The van der Waals surface area contributed by atoms with Crippen molar-refractivity contribution in [3.63, 3.8) is 0 Å². The molecule has 128 valence electrons. The van der Waals surface area contributed by atoms with Gasteiger partial charge in [-0.1, -0.05) is 0 Å². The number of nitrogens with one attached hydrogen (secondary N) is 2. The van der Waals surface area contributed by atoms with E-state index in [2.05, 4.69) is 15.3 Å². The number of hydrogen-bond donors (Lipinski definition) is 5. The standard InChI is InChI=1S/C12H19N5O6/c13-11-15-9-8(10(21)16-11)14-6-17(9)12(22-5-1-3-18)23-7(20)2-4-19/h12,14,18-19H,1-6H2,(H3,13,15,16,21). The van der Waals surface area contributed by atoms with Crippen molar-refractivity contribution in [2.24, 2.45) is 0 Å². The largest absolute Gasteiger partial charge is 0.416 e. The molecule has 1 unspecified atom stereocenters. The molecule has 11 heteroatoms. The molecular weight excluding hydrogens is 310 g/mol. The van der Waals surface area contributed by atoms with Gasteiger partial charge in [0, 0.05) is 6.61 Å². The highest BCUT2D eigenvalue weighted by molar-refractivity contribution is 5.73. The van der Waals surface area contributed by atoms with Crippen LogP contribution in [-0.2, 0) is 14.3 Å². The predicted molar refractivity (Wildman–Crippen MR) is 79.5 cm³/mol. The van der Waals surface area contributed by atoms with E-state index in [0.29, 0.717) is 6.42 Å². The molecule has 1 aliphatic rings. The van der Waals surface area contributed by atoms with Gasteiger partial charge in [-0.15, -0.1) is 0 Å². The Labute approximate surface area is 131 Å². The highest BCUT2D eigenvalue weighted by Gasteiger charge is 2.32. The molecule has 0 saturated carbocycles. The van der Waals surface area contributed by atoms with Crippen molar-refractivity contribution in [2.75, 3.05) is 42.4 Å². The summed E-state index contributed by atoms with van der Waals surface area (Å²) in [5.41, 5.74) is 5.26. The Balaban J connectivity index is 2.20. The topological polar surface area (TPSA) is 163 Å². The highest BCUT2D eigenvalue weighted by Crippen LogP contribution is 2.28. The fourth-order valence-corrected chi connectivity index (χ4v) is 1.96. The minimum atomic E-state index is -1.16. The number of aliphatic hydroxyl groups excluding tert-OH is 2. The number of aromatic amines is 1. The molecule has 0 saturated heterocycles. The zero-order valence-corrected chi connectivity index (χ0v) is 12.3. The number of nitrogens with zero attached hydrogens (tertiary/aromatic N) is 2. The predicted octanol–water partition coefficient (Wildman–Crippen LogP) is -1.85. The number of aromatic nitrogens is 2. The summed E-state index contributed by atoms with van der Waals surface area (Å²) >= 11 is 0. The zero-order valence-electron chi connectivity index (χ0n) is 12.3. The summed E-state index contributed by atoms with van der Waals surface area (Å²) in [5.74, 6) is -0.567. The van der Waals surface area contributed by atoms with Gasteiger partial charge in [-0.05, 0) is 6.42 Å². The van der Waals surface area contributed by atoms with Gasteiger partial charge in [0.1, 0.15) is 5.69 Å². The second kappa shape index (κ2) is 7.76. The molecule has 1 aromatic rings. The summed E-state index contributed by atoms with van der Waals surface area (Å²) in [4.78, 5) is 31.2. The van der Waals surface area contributed by atoms with Gasteiger partial charge in [0.25, 0.3) is 12.0 Å². The van der Waals surface area contributed by atoms with Crippen LogP contribution >= 0.6 is 0 Å². The van der Waals surface area contributed by atoms with Crippen molar-refractivity contribution >= 4 is 23.4 Å². The molecule has 0 bridgehead atoms. The number of nitrogens with two attached hydrogens (primary N) is 1. The maximum atomic E-state index is 11.8. The number of aliphatic hydroxyl groups is 2. The number of fused-ring (bicyclic) bond motifs is 1. The zero-order chi connectivity index (χ0) is 16.8. The Kier molecular flexibility index (Phi) is 5.73. The summed E-state index contributed by atoms with van der Waals surface area (Å²) in [6, 6.07) is 0. The molecule has 2 rings (SSSR count). The molecule has 0 radical (unpaired) electrons. The van der Waals surface area contributed by atoms with Crippen molar-refractivity contribution in [1.82, 2.24) is 9.97 Å². The first-order valence-electron chi connectivity index (χ1n) is 7.00. The molecule has 0 fully saturated rings. The molecule has 0 amide bonds. The van der Waals surface area contributed by atoms with Crippen molar-refractivity contribution in [3.8, 4) is 0 Å². The van der Waals surface area contributed by atoms with Gasteiger partial charge in [-0.25, -0.2) is 0 Å². The van der Waals surface area contributed by atoms with Crippen LogP contribution in [0.15, 0.2) is 4.79 Å². The molecular formula is C12H19N5O6. The first kappa shape index (κ1) is 17.0. The third-order valence-corrected chi connectivity index (χ3v) is 2.98. The monoisotopic (exact) mass is 329 g/mol. The van der Waals surface area contributed by atoms with Gasteiger partial charge in [0.05, 0.1) is 26.3 Å². The number of rotatable bonds is 8. The summed E-state index contributed by atoms with van der Waals surface area (Å²) in [7, 11) is 0.